The standard InChI is InChI=1S/C25H27F3O5/c26-25(27,28)17-6-4-13(5-7-17)8-15-10-16(9-14-2-1-3-19(14)15)22-21(30)20-23(31)24(20,32)11-18(12-29)33-22/h4-7,9-10,18,20-23,29-32H,1-3,8,11-12H2/t18-,20?,21+,22-,23+,24+/m0/s1. The maximum atomic E-state index is 12.9. The third-order valence-corrected chi connectivity index (χ3v) is 7.43. The van der Waals surface area contributed by atoms with E-state index in [1.165, 1.54) is 17.7 Å². The van der Waals surface area contributed by atoms with Crippen molar-refractivity contribution >= 4 is 0 Å². The highest BCUT2D eigenvalue weighted by Crippen LogP contribution is 2.55. The maximum Gasteiger partial charge on any atom is 0.416 e. The van der Waals surface area contributed by atoms with Gasteiger partial charge in [-0.2, -0.15) is 13.2 Å². The molecule has 1 aliphatic heterocycles. The molecular formula is C25H27F3O5. The number of hydrogen-bond acceptors (Lipinski definition) is 5. The van der Waals surface area contributed by atoms with E-state index in [0.717, 1.165) is 48.1 Å². The van der Waals surface area contributed by atoms with Gasteiger partial charge in [0.05, 0.1) is 30.5 Å². The molecule has 2 aromatic carbocycles. The lowest BCUT2D eigenvalue weighted by Crippen LogP contribution is -2.29. The second kappa shape index (κ2) is 8.06. The zero-order valence-corrected chi connectivity index (χ0v) is 17.9. The molecule has 1 heterocycles. The van der Waals surface area contributed by atoms with E-state index >= 15 is 0 Å². The lowest BCUT2D eigenvalue weighted by atomic mass is 9.90. The van der Waals surface area contributed by atoms with Gasteiger partial charge in [0.25, 0.3) is 0 Å². The average molecular weight is 464 g/mol. The van der Waals surface area contributed by atoms with Crippen LogP contribution in [0, 0.1) is 5.92 Å². The fraction of sp³-hybridized carbons (Fsp3) is 0.520. The molecule has 1 saturated heterocycles. The minimum Gasteiger partial charge on any atom is -0.394 e. The van der Waals surface area contributed by atoms with E-state index in [1.54, 1.807) is 0 Å². The molecule has 3 aliphatic rings. The molecule has 5 nitrogen and oxygen atoms in total. The molecule has 0 bridgehead atoms. The number of ether oxygens (including phenoxy) is 1. The maximum absolute atomic E-state index is 12.9. The van der Waals surface area contributed by atoms with Gasteiger partial charge in [-0.25, -0.2) is 0 Å². The first-order valence-electron chi connectivity index (χ1n) is 11.3. The van der Waals surface area contributed by atoms with Gasteiger partial charge in [-0.15, -0.1) is 0 Å². The summed E-state index contributed by atoms with van der Waals surface area (Å²) in [5, 5.41) is 41.5. The molecule has 2 aromatic rings. The quantitative estimate of drug-likeness (QED) is 0.559. The van der Waals surface area contributed by atoms with E-state index in [-0.39, 0.29) is 13.0 Å². The second-order valence-electron chi connectivity index (χ2n) is 9.56. The summed E-state index contributed by atoms with van der Waals surface area (Å²) in [6.45, 7) is -0.353. The van der Waals surface area contributed by atoms with Crippen LogP contribution in [-0.2, 0) is 30.2 Å². The molecule has 0 radical (unpaired) electrons. The fourth-order valence-electron chi connectivity index (χ4n) is 5.62. The molecule has 4 N–H and O–H groups in total. The summed E-state index contributed by atoms with van der Waals surface area (Å²) in [7, 11) is 0. The number of halogens is 3. The molecule has 33 heavy (non-hydrogen) atoms. The Kier molecular flexibility index (Phi) is 5.57. The summed E-state index contributed by atoms with van der Waals surface area (Å²) < 4.78 is 44.7. The molecule has 5 rings (SSSR count). The van der Waals surface area contributed by atoms with Crippen LogP contribution in [0.4, 0.5) is 13.2 Å². The van der Waals surface area contributed by atoms with Gasteiger partial charge in [0.2, 0.25) is 0 Å². The fourth-order valence-corrected chi connectivity index (χ4v) is 5.62. The average Bonchev–Trinajstić information content (AvgIpc) is 3.09. The van der Waals surface area contributed by atoms with E-state index in [4.69, 9.17) is 4.74 Å². The van der Waals surface area contributed by atoms with Crippen molar-refractivity contribution in [2.24, 2.45) is 5.92 Å². The van der Waals surface area contributed by atoms with Crippen LogP contribution in [-0.4, -0.2) is 50.9 Å². The number of alkyl halides is 3. The van der Waals surface area contributed by atoms with Crippen LogP contribution in [0.25, 0.3) is 0 Å². The Morgan fingerprint density at radius 1 is 1.06 bits per heavy atom. The number of aryl methyl sites for hydroxylation is 1. The van der Waals surface area contributed by atoms with E-state index < -0.39 is 47.7 Å². The normalized spacial score (nSPS) is 33.4. The van der Waals surface area contributed by atoms with E-state index in [9.17, 15) is 33.6 Å². The lowest BCUT2D eigenvalue weighted by Gasteiger charge is -2.27. The van der Waals surface area contributed by atoms with Gasteiger partial charge in [0.15, 0.2) is 0 Å². The zero-order chi connectivity index (χ0) is 23.5. The van der Waals surface area contributed by atoms with Crippen molar-refractivity contribution < 1.29 is 38.3 Å². The highest BCUT2D eigenvalue weighted by Gasteiger charge is 2.69. The molecular weight excluding hydrogens is 437 g/mol. The van der Waals surface area contributed by atoms with Crippen molar-refractivity contribution in [1.29, 1.82) is 0 Å². The summed E-state index contributed by atoms with van der Waals surface area (Å²) >= 11 is 0. The number of rotatable bonds is 4. The predicted octanol–water partition coefficient (Wildman–Crippen LogP) is 2.69. The first-order valence-corrected chi connectivity index (χ1v) is 11.3. The van der Waals surface area contributed by atoms with Gasteiger partial charge in [-0.1, -0.05) is 24.3 Å². The third-order valence-electron chi connectivity index (χ3n) is 7.43. The van der Waals surface area contributed by atoms with E-state index in [0.29, 0.717) is 12.0 Å². The smallest absolute Gasteiger partial charge is 0.394 e. The molecule has 2 fully saturated rings. The predicted molar refractivity (Wildman–Crippen MR) is 112 cm³/mol. The Balaban J connectivity index is 1.48. The molecule has 0 amide bonds. The summed E-state index contributed by atoms with van der Waals surface area (Å²) in [4.78, 5) is 0. The van der Waals surface area contributed by atoms with Crippen molar-refractivity contribution in [3.8, 4) is 0 Å². The summed E-state index contributed by atoms with van der Waals surface area (Å²) in [6, 6.07) is 9.01. The third kappa shape index (κ3) is 3.98. The van der Waals surface area contributed by atoms with E-state index in [1.807, 2.05) is 12.1 Å². The highest BCUT2D eigenvalue weighted by atomic mass is 19.4. The molecule has 0 spiro atoms. The monoisotopic (exact) mass is 464 g/mol. The molecule has 8 heteroatoms. The first kappa shape index (κ1) is 22.8. The lowest BCUT2D eigenvalue weighted by molar-refractivity contribution is -0.137. The number of aliphatic hydroxyl groups excluding tert-OH is 3. The molecule has 6 atom stereocenters. The van der Waals surface area contributed by atoms with Gasteiger partial charge in [0, 0.05) is 12.3 Å². The van der Waals surface area contributed by atoms with Gasteiger partial charge in [-0.05, 0) is 65.6 Å². The van der Waals surface area contributed by atoms with Gasteiger partial charge >= 0.3 is 6.18 Å². The summed E-state index contributed by atoms with van der Waals surface area (Å²) in [5.74, 6) is -0.759. The minimum absolute atomic E-state index is 0.0340. The Labute approximate surface area is 189 Å². The van der Waals surface area contributed by atoms with Crippen LogP contribution < -0.4 is 0 Å². The zero-order valence-electron chi connectivity index (χ0n) is 17.9. The number of aliphatic hydroxyl groups is 4. The van der Waals surface area contributed by atoms with Gasteiger partial charge in [0.1, 0.15) is 11.7 Å². The Bertz CT molecular complexity index is 1040. The van der Waals surface area contributed by atoms with Crippen LogP contribution in [0.2, 0.25) is 0 Å². The molecule has 0 aromatic heterocycles. The topological polar surface area (TPSA) is 90.2 Å². The SMILES string of the molecule is OC[C@@H]1C[C@@]2(O)C([C@@H](O)[C@H](c3cc4c(c(Cc5ccc(C(F)(F)F)cc5)c3)CCC4)O1)[C@H]2O. The second-order valence-corrected chi connectivity index (χ2v) is 9.56. The van der Waals surface area contributed by atoms with Crippen molar-refractivity contribution in [2.45, 2.75) is 68.3 Å². The van der Waals surface area contributed by atoms with Crippen molar-refractivity contribution in [3.05, 3.63) is 69.8 Å². The molecule has 2 aliphatic carbocycles. The van der Waals surface area contributed by atoms with Crippen LogP contribution in [0.5, 0.6) is 0 Å². The summed E-state index contributed by atoms with van der Waals surface area (Å²) in [6.07, 6.45) is -5.01. The first-order chi connectivity index (χ1) is 15.6. The van der Waals surface area contributed by atoms with Crippen molar-refractivity contribution in [1.82, 2.24) is 0 Å². The molecule has 1 saturated carbocycles. The van der Waals surface area contributed by atoms with Crippen molar-refractivity contribution in [2.75, 3.05) is 6.61 Å². The highest BCUT2D eigenvalue weighted by molar-refractivity contribution is 5.46. The summed E-state index contributed by atoms with van der Waals surface area (Å²) in [5.41, 5.74) is 2.52. The van der Waals surface area contributed by atoms with Crippen LogP contribution in [0.3, 0.4) is 0 Å². The van der Waals surface area contributed by atoms with Crippen molar-refractivity contribution in [3.63, 3.8) is 0 Å². The minimum atomic E-state index is -4.38. The number of hydrogen-bond donors (Lipinski definition) is 4. The Morgan fingerprint density at radius 3 is 2.45 bits per heavy atom. The van der Waals surface area contributed by atoms with Gasteiger partial charge < -0.3 is 25.2 Å². The van der Waals surface area contributed by atoms with Crippen LogP contribution >= 0.6 is 0 Å². The molecule has 178 valence electrons. The largest absolute Gasteiger partial charge is 0.416 e. The number of fused-ring (bicyclic) bond motifs is 2. The van der Waals surface area contributed by atoms with Crippen LogP contribution in [0.1, 0.15) is 52.3 Å². The van der Waals surface area contributed by atoms with E-state index in [2.05, 4.69) is 0 Å². The van der Waals surface area contributed by atoms with Gasteiger partial charge in [-0.3, -0.25) is 0 Å². The Morgan fingerprint density at radius 2 is 1.79 bits per heavy atom. The number of benzene rings is 2. The Hall–Kier alpha value is -1.97. The molecule has 1 unspecified atom stereocenters. The van der Waals surface area contributed by atoms with Crippen LogP contribution in [0.15, 0.2) is 36.4 Å².